The molecule has 0 N–H and O–H groups in total. The Morgan fingerprint density at radius 2 is 1.38 bits per heavy atom. The molecule has 0 atom stereocenters. The van der Waals surface area contributed by atoms with Gasteiger partial charge in [-0.1, -0.05) is 84.9 Å². The van der Waals surface area contributed by atoms with Gasteiger partial charge >= 0.3 is 0 Å². The summed E-state index contributed by atoms with van der Waals surface area (Å²) in [5.74, 6) is 3.42. The second-order valence-corrected chi connectivity index (χ2v) is 9.53. The van der Waals surface area contributed by atoms with Crippen LogP contribution in [0.1, 0.15) is 0 Å². The van der Waals surface area contributed by atoms with Crippen LogP contribution >= 0.6 is 0 Å². The van der Waals surface area contributed by atoms with E-state index in [9.17, 15) is 0 Å². The Labute approximate surface area is 215 Å². The molecule has 2 aliphatic rings. The highest BCUT2D eigenvalue weighted by atomic mass is 16.5. The molecule has 172 valence electrons. The number of para-hydroxylation sites is 1. The fourth-order valence-corrected chi connectivity index (χ4v) is 5.82. The van der Waals surface area contributed by atoms with Crippen molar-refractivity contribution in [3.05, 3.63) is 121 Å². The Balaban J connectivity index is 1.45. The molecule has 6 aromatic rings. The van der Waals surface area contributed by atoms with Crippen LogP contribution in [0.15, 0.2) is 121 Å². The van der Waals surface area contributed by atoms with Gasteiger partial charge in [-0.25, -0.2) is 0 Å². The molecule has 0 spiro atoms. The largest absolute Gasteiger partial charge is 0.458 e. The quantitative estimate of drug-likeness (QED) is 0.276. The molecule has 1 aromatic heterocycles. The second kappa shape index (κ2) is 7.84. The Kier molecular flexibility index (Phi) is 4.32. The van der Waals surface area contributed by atoms with Crippen LogP contribution in [0.2, 0.25) is 0 Å². The smallest absolute Gasteiger partial charge is 0.261 e. The molecule has 3 heterocycles. The van der Waals surface area contributed by atoms with Gasteiger partial charge in [0.1, 0.15) is 23.0 Å². The minimum atomic E-state index is -0.00922. The monoisotopic (exact) mass is 473 g/mol. The predicted molar refractivity (Wildman–Crippen MR) is 150 cm³/mol. The Bertz CT molecular complexity index is 1830. The van der Waals surface area contributed by atoms with Crippen molar-refractivity contribution in [3.63, 3.8) is 0 Å². The minimum Gasteiger partial charge on any atom is -0.458 e. The normalized spacial score (nSPS) is 12.7. The molecule has 0 aliphatic carbocycles. The third kappa shape index (κ3) is 3.06. The molecule has 0 bridgehead atoms. The average molecular weight is 473 g/mol. The number of hydrogen-bond donors (Lipinski definition) is 0. The maximum Gasteiger partial charge on any atom is 0.261 e. The van der Waals surface area contributed by atoms with Gasteiger partial charge in [0.2, 0.25) is 0 Å². The summed E-state index contributed by atoms with van der Waals surface area (Å²) in [6.45, 7) is -0.00922. The average Bonchev–Trinajstić information content (AvgIpc) is 2.97. The fourth-order valence-electron chi connectivity index (χ4n) is 5.82. The predicted octanol–water partition coefficient (Wildman–Crippen LogP) is 6.30. The summed E-state index contributed by atoms with van der Waals surface area (Å²) in [6, 6.07) is 39.9. The topological polar surface area (TPSA) is 31.4 Å². The zero-order chi connectivity index (χ0) is 24.3. The third-order valence-electron chi connectivity index (χ3n) is 7.45. The Hall–Kier alpha value is -4.83. The first kappa shape index (κ1) is 20.4. The van der Waals surface area contributed by atoms with Gasteiger partial charge in [-0.15, -0.1) is 0 Å². The molecule has 0 saturated heterocycles. The van der Waals surface area contributed by atoms with Gasteiger partial charge in [0.05, 0.1) is 5.69 Å². The number of pyridine rings is 1. The molecule has 0 fully saturated rings. The molecule has 8 rings (SSSR count). The van der Waals surface area contributed by atoms with Gasteiger partial charge in [0.25, 0.3) is 6.71 Å². The van der Waals surface area contributed by atoms with Gasteiger partial charge < -0.3 is 9.47 Å². The lowest BCUT2D eigenvalue weighted by molar-refractivity contribution is 0.466. The zero-order valence-electron chi connectivity index (χ0n) is 19.9. The van der Waals surface area contributed by atoms with Crippen molar-refractivity contribution >= 4 is 33.9 Å². The summed E-state index contributed by atoms with van der Waals surface area (Å²) >= 11 is 0. The molecular weight excluding hydrogens is 453 g/mol. The van der Waals surface area contributed by atoms with Crippen molar-refractivity contribution in [2.75, 3.05) is 0 Å². The van der Waals surface area contributed by atoms with Crippen molar-refractivity contribution < 1.29 is 9.47 Å². The summed E-state index contributed by atoms with van der Waals surface area (Å²) in [6.07, 6.45) is 1.81. The van der Waals surface area contributed by atoms with Gasteiger partial charge in [-0.05, 0) is 57.6 Å². The van der Waals surface area contributed by atoms with E-state index >= 15 is 0 Å². The summed E-state index contributed by atoms with van der Waals surface area (Å²) < 4.78 is 13.4. The fraction of sp³-hybridized carbons (Fsp3) is 0. The number of rotatable bonds is 2. The zero-order valence-corrected chi connectivity index (χ0v) is 19.9. The standard InChI is InChI=1S/C33H20BNO2/c1-2-9-21(10-3-1)25-13-8-14-26-33(25)37-30-20-23(27-15-6-7-18-35-27)19-29-32(30)34(26)31-24-12-5-4-11-22(24)16-17-28(31)36-29/h1-20H. The van der Waals surface area contributed by atoms with Crippen LogP contribution in [0, 0.1) is 0 Å². The highest BCUT2D eigenvalue weighted by Crippen LogP contribution is 2.41. The molecule has 5 aromatic carbocycles. The Morgan fingerprint density at radius 1 is 0.568 bits per heavy atom. The number of ether oxygens (including phenoxy) is 2. The van der Waals surface area contributed by atoms with E-state index in [1.807, 2.05) is 30.5 Å². The number of benzene rings is 5. The molecule has 0 amide bonds. The van der Waals surface area contributed by atoms with E-state index in [-0.39, 0.29) is 6.71 Å². The van der Waals surface area contributed by atoms with E-state index in [1.54, 1.807) is 0 Å². The van der Waals surface area contributed by atoms with E-state index in [2.05, 4.69) is 96.0 Å². The van der Waals surface area contributed by atoms with E-state index in [1.165, 1.54) is 16.2 Å². The van der Waals surface area contributed by atoms with E-state index < -0.39 is 0 Å². The van der Waals surface area contributed by atoms with Crippen LogP contribution < -0.4 is 25.9 Å². The minimum absolute atomic E-state index is 0.00922. The van der Waals surface area contributed by atoms with Crippen LogP contribution in [0.5, 0.6) is 23.0 Å². The van der Waals surface area contributed by atoms with E-state index in [0.29, 0.717) is 0 Å². The van der Waals surface area contributed by atoms with Gasteiger partial charge in [0.15, 0.2) is 0 Å². The van der Waals surface area contributed by atoms with Crippen LogP contribution in [0.3, 0.4) is 0 Å². The molecular formula is C33H20BNO2. The number of aromatic nitrogens is 1. The highest BCUT2D eigenvalue weighted by molar-refractivity contribution is 6.99. The number of nitrogens with zero attached hydrogens (tertiary/aromatic N) is 1. The molecule has 3 nitrogen and oxygen atoms in total. The lowest BCUT2D eigenvalue weighted by Crippen LogP contribution is -2.57. The second-order valence-electron chi connectivity index (χ2n) is 9.53. The van der Waals surface area contributed by atoms with Crippen LogP contribution in [0.4, 0.5) is 0 Å². The maximum absolute atomic E-state index is 6.79. The van der Waals surface area contributed by atoms with Gasteiger partial charge in [-0.3, -0.25) is 4.98 Å². The molecule has 4 heteroatoms. The van der Waals surface area contributed by atoms with Crippen molar-refractivity contribution in [2.24, 2.45) is 0 Å². The molecule has 0 unspecified atom stereocenters. The van der Waals surface area contributed by atoms with Crippen LogP contribution in [-0.2, 0) is 0 Å². The lowest BCUT2D eigenvalue weighted by Gasteiger charge is -2.34. The van der Waals surface area contributed by atoms with Crippen molar-refractivity contribution in [3.8, 4) is 45.4 Å². The lowest BCUT2D eigenvalue weighted by atomic mass is 9.34. The molecule has 2 aliphatic heterocycles. The highest BCUT2D eigenvalue weighted by Gasteiger charge is 2.42. The molecule has 0 saturated carbocycles. The summed E-state index contributed by atoms with van der Waals surface area (Å²) in [7, 11) is 0. The molecule has 37 heavy (non-hydrogen) atoms. The van der Waals surface area contributed by atoms with Gasteiger partial charge in [-0.2, -0.15) is 0 Å². The third-order valence-corrected chi connectivity index (χ3v) is 7.45. The van der Waals surface area contributed by atoms with Crippen molar-refractivity contribution in [2.45, 2.75) is 0 Å². The number of hydrogen-bond acceptors (Lipinski definition) is 3. The summed E-state index contributed by atoms with van der Waals surface area (Å²) in [5.41, 5.74) is 7.49. The first-order valence-corrected chi connectivity index (χ1v) is 12.5. The number of fused-ring (bicyclic) bond motifs is 6. The first-order valence-electron chi connectivity index (χ1n) is 12.5. The van der Waals surface area contributed by atoms with Crippen LogP contribution in [-0.4, -0.2) is 11.7 Å². The first-order chi connectivity index (χ1) is 18.3. The van der Waals surface area contributed by atoms with Crippen molar-refractivity contribution in [1.29, 1.82) is 0 Å². The SMILES string of the molecule is c1ccc(-c2cccc3c2Oc2cc(-c4ccccn4)cc4c2B3c2c(ccc3ccccc23)O4)cc1. The Morgan fingerprint density at radius 3 is 2.24 bits per heavy atom. The molecule has 0 radical (unpaired) electrons. The summed E-state index contributed by atoms with van der Waals surface area (Å²) in [5, 5.41) is 2.40. The van der Waals surface area contributed by atoms with E-state index in [0.717, 1.165) is 56.3 Å². The van der Waals surface area contributed by atoms with Crippen LogP contribution in [0.25, 0.3) is 33.2 Å². The summed E-state index contributed by atoms with van der Waals surface area (Å²) in [4.78, 5) is 4.59. The van der Waals surface area contributed by atoms with E-state index in [4.69, 9.17) is 9.47 Å². The van der Waals surface area contributed by atoms with Gasteiger partial charge in [0, 0.05) is 22.8 Å². The van der Waals surface area contributed by atoms with Crippen molar-refractivity contribution in [1.82, 2.24) is 4.98 Å². The maximum atomic E-state index is 6.79.